The maximum absolute atomic E-state index is 11.9. The number of cyclic esters (lactones) is 1. The highest BCUT2D eigenvalue weighted by Crippen LogP contribution is 2.31. The Morgan fingerprint density at radius 1 is 1.21 bits per heavy atom. The molecule has 1 aromatic heterocycles. The van der Waals surface area contributed by atoms with E-state index in [0.717, 1.165) is 31.0 Å². The third-order valence-electron chi connectivity index (χ3n) is 4.49. The molecule has 1 saturated heterocycles. The lowest BCUT2D eigenvalue weighted by molar-refractivity contribution is 0.181. The Morgan fingerprint density at radius 3 is 2.83 bits per heavy atom. The molecule has 0 N–H and O–H groups in total. The van der Waals surface area contributed by atoms with Gasteiger partial charge in [0.25, 0.3) is 0 Å². The van der Waals surface area contributed by atoms with Gasteiger partial charge in [0.15, 0.2) is 0 Å². The van der Waals surface area contributed by atoms with Gasteiger partial charge in [-0.25, -0.2) is 9.78 Å². The standard InChI is InChI=1S/C18H16N4O2/c19-10-13-4-5-17(20-11-13)21-7-6-15-14(12-21)2-1-3-16(15)22-8-9-24-18(22)23/h1-5,11H,6-9,12H2. The van der Waals surface area contributed by atoms with E-state index >= 15 is 0 Å². The Kier molecular flexibility index (Phi) is 3.54. The topological polar surface area (TPSA) is 69.5 Å². The molecule has 24 heavy (non-hydrogen) atoms. The molecule has 2 aliphatic heterocycles. The quantitative estimate of drug-likeness (QED) is 0.850. The molecule has 4 rings (SSSR count). The van der Waals surface area contributed by atoms with Crippen LogP contribution in [0.4, 0.5) is 16.3 Å². The van der Waals surface area contributed by atoms with Gasteiger partial charge in [-0.3, -0.25) is 4.90 Å². The van der Waals surface area contributed by atoms with Crippen molar-refractivity contribution in [3.8, 4) is 6.07 Å². The molecule has 1 amide bonds. The number of pyridine rings is 1. The third-order valence-corrected chi connectivity index (χ3v) is 4.49. The average molecular weight is 320 g/mol. The smallest absolute Gasteiger partial charge is 0.414 e. The molecule has 0 radical (unpaired) electrons. The molecular formula is C18H16N4O2. The number of nitrogens with zero attached hydrogens (tertiary/aromatic N) is 4. The molecule has 1 fully saturated rings. The van der Waals surface area contributed by atoms with Gasteiger partial charge in [-0.05, 0) is 35.7 Å². The minimum absolute atomic E-state index is 0.264. The molecule has 0 unspecified atom stereocenters. The van der Waals surface area contributed by atoms with Gasteiger partial charge < -0.3 is 9.64 Å². The zero-order valence-electron chi connectivity index (χ0n) is 13.1. The number of nitriles is 1. The van der Waals surface area contributed by atoms with Crippen LogP contribution in [-0.4, -0.2) is 30.8 Å². The minimum atomic E-state index is -0.264. The van der Waals surface area contributed by atoms with Gasteiger partial charge in [0.1, 0.15) is 18.5 Å². The van der Waals surface area contributed by atoms with E-state index in [1.807, 2.05) is 18.2 Å². The van der Waals surface area contributed by atoms with Crippen LogP contribution in [0.3, 0.4) is 0 Å². The summed E-state index contributed by atoms with van der Waals surface area (Å²) in [4.78, 5) is 20.1. The predicted octanol–water partition coefficient (Wildman–Crippen LogP) is 2.47. The van der Waals surface area contributed by atoms with Crippen molar-refractivity contribution in [2.75, 3.05) is 29.5 Å². The summed E-state index contributed by atoms with van der Waals surface area (Å²) in [6.07, 6.45) is 2.18. The first-order valence-electron chi connectivity index (χ1n) is 7.92. The lowest BCUT2D eigenvalue weighted by atomic mass is 9.97. The average Bonchev–Trinajstić information content (AvgIpc) is 3.06. The molecule has 1 aromatic carbocycles. The van der Waals surface area contributed by atoms with Crippen LogP contribution in [0.1, 0.15) is 16.7 Å². The Balaban J connectivity index is 1.61. The van der Waals surface area contributed by atoms with Gasteiger partial charge in [0.05, 0.1) is 17.8 Å². The summed E-state index contributed by atoms with van der Waals surface area (Å²) in [6, 6.07) is 11.8. The number of carbonyl (C=O) groups excluding carboxylic acids is 1. The highest BCUT2D eigenvalue weighted by Gasteiger charge is 2.28. The van der Waals surface area contributed by atoms with Crippen molar-refractivity contribution in [1.29, 1.82) is 5.26 Å². The molecular weight excluding hydrogens is 304 g/mol. The van der Waals surface area contributed by atoms with Crippen LogP contribution in [0, 0.1) is 11.3 Å². The van der Waals surface area contributed by atoms with E-state index in [9.17, 15) is 4.79 Å². The minimum Gasteiger partial charge on any atom is -0.447 e. The van der Waals surface area contributed by atoms with Crippen LogP contribution in [0.25, 0.3) is 0 Å². The highest BCUT2D eigenvalue weighted by atomic mass is 16.6. The number of rotatable bonds is 2. The molecule has 0 aliphatic carbocycles. The Morgan fingerprint density at radius 2 is 2.12 bits per heavy atom. The van der Waals surface area contributed by atoms with E-state index in [4.69, 9.17) is 10.00 Å². The molecule has 0 spiro atoms. The Labute approximate surface area is 139 Å². The van der Waals surface area contributed by atoms with Crippen molar-refractivity contribution < 1.29 is 9.53 Å². The number of amides is 1. The van der Waals surface area contributed by atoms with E-state index in [-0.39, 0.29) is 6.09 Å². The summed E-state index contributed by atoms with van der Waals surface area (Å²) in [7, 11) is 0. The van der Waals surface area contributed by atoms with Gasteiger partial charge in [0, 0.05) is 19.3 Å². The van der Waals surface area contributed by atoms with E-state index < -0.39 is 0 Å². The van der Waals surface area contributed by atoms with E-state index in [0.29, 0.717) is 18.7 Å². The molecule has 6 nitrogen and oxygen atoms in total. The van der Waals surface area contributed by atoms with Gasteiger partial charge in [-0.1, -0.05) is 12.1 Å². The summed E-state index contributed by atoms with van der Waals surface area (Å²) < 4.78 is 5.06. The number of aromatic nitrogens is 1. The number of anilines is 2. The van der Waals surface area contributed by atoms with Crippen molar-refractivity contribution in [3.63, 3.8) is 0 Å². The molecule has 6 heteroatoms. The van der Waals surface area contributed by atoms with Crippen molar-refractivity contribution in [1.82, 2.24) is 4.98 Å². The first-order valence-corrected chi connectivity index (χ1v) is 7.92. The normalized spacial score (nSPS) is 16.5. The summed E-state index contributed by atoms with van der Waals surface area (Å²) in [5, 5.41) is 8.88. The largest absolute Gasteiger partial charge is 0.447 e. The number of benzene rings is 1. The zero-order chi connectivity index (χ0) is 16.5. The second-order valence-electron chi connectivity index (χ2n) is 5.87. The van der Waals surface area contributed by atoms with Crippen molar-refractivity contribution in [2.45, 2.75) is 13.0 Å². The summed E-state index contributed by atoms with van der Waals surface area (Å²) >= 11 is 0. The van der Waals surface area contributed by atoms with Gasteiger partial charge in [0.2, 0.25) is 0 Å². The number of carbonyl (C=O) groups is 1. The lowest BCUT2D eigenvalue weighted by Crippen LogP contribution is -2.33. The van der Waals surface area contributed by atoms with Crippen molar-refractivity contribution in [3.05, 3.63) is 53.2 Å². The van der Waals surface area contributed by atoms with E-state index in [2.05, 4.69) is 22.0 Å². The number of ether oxygens (including phenoxy) is 1. The fourth-order valence-corrected chi connectivity index (χ4v) is 3.29. The van der Waals surface area contributed by atoms with Gasteiger partial charge in [-0.15, -0.1) is 0 Å². The molecule has 0 bridgehead atoms. The van der Waals surface area contributed by atoms with Crippen LogP contribution in [0.15, 0.2) is 36.5 Å². The Hall–Kier alpha value is -3.07. The maximum atomic E-state index is 11.9. The van der Waals surface area contributed by atoms with E-state index in [1.54, 1.807) is 17.2 Å². The Bertz CT molecular complexity index is 826. The fourth-order valence-electron chi connectivity index (χ4n) is 3.29. The second kappa shape index (κ2) is 5.85. The van der Waals surface area contributed by atoms with Crippen LogP contribution in [-0.2, 0) is 17.7 Å². The summed E-state index contributed by atoms with van der Waals surface area (Å²) in [5.41, 5.74) is 3.93. The number of hydrogen-bond donors (Lipinski definition) is 0. The van der Waals surface area contributed by atoms with Crippen molar-refractivity contribution in [2.24, 2.45) is 0 Å². The zero-order valence-corrected chi connectivity index (χ0v) is 13.1. The van der Waals surface area contributed by atoms with Crippen LogP contribution >= 0.6 is 0 Å². The molecule has 0 atom stereocenters. The van der Waals surface area contributed by atoms with Crippen molar-refractivity contribution >= 4 is 17.6 Å². The summed E-state index contributed by atoms with van der Waals surface area (Å²) in [5.74, 6) is 0.866. The van der Waals surface area contributed by atoms with Gasteiger partial charge in [-0.2, -0.15) is 5.26 Å². The molecule has 120 valence electrons. The molecule has 0 saturated carbocycles. The maximum Gasteiger partial charge on any atom is 0.414 e. The second-order valence-corrected chi connectivity index (χ2v) is 5.87. The van der Waals surface area contributed by atoms with Gasteiger partial charge >= 0.3 is 6.09 Å². The number of fused-ring (bicyclic) bond motifs is 1. The lowest BCUT2D eigenvalue weighted by Gasteiger charge is -2.32. The fraction of sp³-hybridized carbons (Fsp3) is 0.278. The summed E-state index contributed by atoms with van der Waals surface area (Å²) in [6.45, 7) is 2.62. The molecule has 2 aliphatic rings. The number of hydrogen-bond acceptors (Lipinski definition) is 5. The predicted molar refractivity (Wildman–Crippen MR) is 88.8 cm³/mol. The molecule has 3 heterocycles. The van der Waals surface area contributed by atoms with Crippen LogP contribution < -0.4 is 9.80 Å². The molecule has 2 aromatic rings. The first-order chi connectivity index (χ1) is 11.8. The third kappa shape index (κ3) is 2.44. The monoisotopic (exact) mass is 320 g/mol. The van der Waals surface area contributed by atoms with Crippen LogP contribution in [0.2, 0.25) is 0 Å². The SMILES string of the molecule is N#Cc1ccc(N2CCc3c(cccc3N3CCOC3=O)C2)nc1. The first kappa shape index (κ1) is 14.5. The highest BCUT2D eigenvalue weighted by molar-refractivity contribution is 5.90. The van der Waals surface area contributed by atoms with Crippen LogP contribution in [0.5, 0.6) is 0 Å². The van der Waals surface area contributed by atoms with E-state index in [1.165, 1.54) is 11.1 Å².